The van der Waals surface area contributed by atoms with Crippen molar-refractivity contribution in [3.8, 4) is 0 Å². The second-order valence-corrected chi connectivity index (χ2v) is 7.52. The van der Waals surface area contributed by atoms with Gasteiger partial charge in [0.1, 0.15) is 17.3 Å². The van der Waals surface area contributed by atoms with E-state index < -0.39 is 11.7 Å². The number of halogens is 1. The van der Waals surface area contributed by atoms with E-state index in [0.717, 1.165) is 25.5 Å². The van der Waals surface area contributed by atoms with Gasteiger partial charge in [0.15, 0.2) is 0 Å². The SMILES string of the molecule is O=C(Nc1cc(F)cc2cccnc12)c1cnc(N2CCN3CCCC3C2)cn1. The van der Waals surface area contributed by atoms with Crippen LogP contribution in [0.3, 0.4) is 0 Å². The minimum Gasteiger partial charge on any atom is -0.352 e. The van der Waals surface area contributed by atoms with Crippen LogP contribution in [0.25, 0.3) is 10.9 Å². The van der Waals surface area contributed by atoms with Crippen molar-refractivity contribution in [1.29, 1.82) is 0 Å². The molecule has 2 aliphatic rings. The first-order chi connectivity index (χ1) is 14.2. The zero-order chi connectivity index (χ0) is 19.8. The fourth-order valence-corrected chi connectivity index (χ4v) is 4.24. The van der Waals surface area contributed by atoms with Crippen LogP contribution in [0.4, 0.5) is 15.9 Å². The Morgan fingerprint density at radius 1 is 1.14 bits per heavy atom. The minimum absolute atomic E-state index is 0.182. The number of carbonyl (C=O) groups excluding carboxylic acids is 1. The number of rotatable bonds is 3. The number of amides is 1. The van der Waals surface area contributed by atoms with Crippen molar-refractivity contribution >= 4 is 28.3 Å². The molecule has 0 radical (unpaired) electrons. The van der Waals surface area contributed by atoms with Crippen molar-refractivity contribution in [1.82, 2.24) is 19.9 Å². The van der Waals surface area contributed by atoms with Gasteiger partial charge in [-0.1, -0.05) is 6.07 Å². The van der Waals surface area contributed by atoms with E-state index in [1.165, 1.54) is 37.7 Å². The minimum atomic E-state index is -0.442. The van der Waals surface area contributed by atoms with Gasteiger partial charge in [-0.2, -0.15) is 0 Å². The Bertz CT molecular complexity index is 1060. The second-order valence-electron chi connectivity index (χ2n) is 7.52. The van der Waals surface area contributed by atoms with Crippen molar-refractivity contribution in [2.75, 3.05) is 36.4 Å². The number of nitrogens with one attached hydrogen (secondary N) is 1. The molecule has 2 fully saturated rings. The Morgan fingerprint density at radius 3 is 2.93 bits per heavy atom. The van der Waals surface area contributed by atoms with Gasteiger partial charge in [-0.15, -0.1) is 0 Å². The Balaban J connectivity index is 1.32. The Morgan fingerprint density at radius 2 is 2.07 bits per heavy atom. The standard InChI is InChI=1S/C21H21FN6O/c22-15-9-14-3-1-5-23-20(14)17(10-15)26-21(29)18-11-25-19(12-24-18)28-8-7-27-6-2-4-16(27)13-28/h1,3,5,9-12,16H,2,4,6-8,13H2,(H,26,29). The van der Waals surface area contributed by atoms with E-state index in [1.54, 1.807) is 24.5 Å². The van der Waals surface area contributed by atoms with Gasteiger partial charge >= 0.3 is 0 Å². The molecule has 2 aliphatic heterocycles. The highest BCUT2D eigenvalue weighted by molar-refractivity contribution is 6.07. The zero-order valence-corrected chi connectivity index (χ0v) is 15.9. The number of benzene rings is 1. The molecule has 2 saturated heterocycles. The summed E-state index contributed by atoms with van der Waals surface area (Å²) in [5.74, 6) is -0.0959. The lowest BCUT2D eigenvalue weighted by atomic mass is 10.1. The molecule has 0 spiro atoms. The molecule has 1 atom stereocenters. The van der Waals surface area contributed by atoms with Gasteiger partial charge < -0.3 is 10.2 Å². The van der Waals surface area contributed by atoms with E-state index in [1.807, 2.05) is 0 Å². The summed E-state index contributed by atoms with van der Waals surface area (Å²) in [7, 11) is 0. The molecule has 0 bridgehead atoms. The van der Waals surface area contributed by atoms with Gasteiger partial charge in [-0.05, 0) is 37.6 Å². The fraction of sp³-hybridized carbons (Fsp3) is 0.333. The van der Waals surface area contributed by atoms with E-state index in [4.69, 9.17) is 0 Å². The van der Waals surface area contributed by atoms with Crippen LogP contribution in [-0.4, -0.2) is 58.0 Å². The van der Waals surface area contributed by atoms with E-state index in [0.29, 0.717) is 22.6 Å². The average Bonchev–Trinajstić information content (AvgIpc) is 3.21. The molecule has 3 aromatic rings. The molecule has 7 nitrogen and oxygen atoms in total. The highest BCUT2D eigenvalue weighted by Gasteiger charge is 2.31. The van der Waals surface area contributed by atoms with Crippen molar-refractivity contribution in [2.24, 2.45) is 0 Å². The number of piperazine rings is 1. The smallest absolute Gasteiger partial charge is 0.275 e. The molecule has 1 aromatic carbocycles. The summed E-state index contributed by atoms with van der Waals surface area (Å²) in [6.07, 6.45) is 7.20. The number of hydrogen-bond acceptors (Lipinski definition) is 6. The summed E-state index contributed by atoms with van der Waals surface area (Å²) in [6.45, 7) is 4.08. The van der Waals surface area contributed by atoms with Crippen LogP contribution in [0.5, 0.6) is 0 Å². The first-order valence-electron chi connectivity index (χ1n) is 9.84. The van der Waals surface area contributed by atoms with E-state index in [9.17, 15) is 9.18 Å². The van der Waals surface area contributed by atoms with E-state index >= 15 is 0 Å². The van der Waals surface area contributed by atoms with Crippen LogP contribution < -0.4 is 10.2 Å². The summed E-state index contributed by atoms with van der Waals surface area (Å²) in [4.78, 5) is 30.4. The monoisotopic (exact) mass is 392 g/mol. The number of fused-ring (bicyclic) bond motifs is 2. The Labute approximate surface area is 167 Å². The van der Waals surface area contributed by atoms with Gasteiger partial charge in [0.25, 0.3) is 5.91 Å². The summed E-state index contributed by atoms with van der Waals surface area (Å²) in [5, 5.41) is 3.33. The maximum absolute atomic E-state index is 13.9. The molecule has 8 heteroatoms. The molecular formula is C21H21FN6O. The molecule has 1 N–H and O–H groups in total. The van der Waals surface area contributed by atoms with Crippen molar-refractivity contribution in [3.05, 3.63) is 54.4 Å². The number of anilines is 2. The molecule has 1 amide bonds. The molecule has 2 aromatic heterocycles. The molecule has 148 valence electrons. The predicted octanol–water partition coefficient (Wildman–Crippen LogP) is 2.70. The van der Waals surface area contributed by atoms with Gasteiger partial charge in [-0.25, -0.2) is 14.4 Å². The van der Waals surface area contributed by atoms with Gasteiger partial charge in [-0.3, -0.25) is 14.7 Å². The topological polar surface area (TPSA) is 74.2 Å². The number of hydrogen-bond donors (Lipinski definition) is 1. The third-order valence-corrected chi connectivity index (χ3v) is 5.70. The van der Waals surface area contributed by atoms with Crippen molar-refractivity contribution in [3.63, 3.8) is 0 Å². The van der Waals surface area contributed by atoms with Gasteiger partial charge in [0, 0.05) is 37.3 Å². The second kappa shape index (κ2) is 7.36. The predicted molar refractivity (Wildman–Crippen MR) is 108 cm³/mol. The molecule has 5 rings (SSSR count). The number of nitrogens with zero attached hydrogens (tertiary/aromatic N) is 5. The quantitative estimate of drug-likeness (QED) is 0.739. The van der Waals surface area contributed by atoms with Crippen LogP contribution in [-0.2, 0) is 0 Å². The highest BCUT2D eigenvalue weighted by Crippen LogP contribution is 2.25. The van der Waals surface area contributed by atoms with E-state index in [2.05, 4.69) is 30.1 Å². The summed E-state index contributed by atoms with van der Waals surface area (Å²) in [5.41, 5.74) is 1.02. The molecule has 0 saturated carbocycles. The van der Waals surface area contributed by atoms with Gasteiger partial charge in [0.05, 0.1) is 23.6 Å². The van der Waals surface area contributed by atoms with Gasteiger partial charge in [0.2, 0.25) is 0 Å². The van der Waals surface area contributed by atoms with Crippen molar-refractivity contribution in [2.45, 2.75) is 18.9 Å². The Hall–Kier alpha value is -3.13. The third kappa shape index (κ3) is 3.51. The maximum Gasteiger partial charge on any atom is 0.275 e. The molecule has 4 heterocycles. The van der Waals surface area contributed by atoms with Crippen LogP contribution in [0, 0.1) is 5.82 Å². The average molecular weight is 392 g/mol. The third-order valence-electron chi connectivity index (χ3n) is 5.70. The largest absolute Gasteiger partial charge is 0.352 e. The summed E-state index contributed by atoms with van der Waals surface area (Å²) < 4.78 is 13.9. The van der Waals surface area contributed by atoms with Crippen LogP contribution >= 0.6 is 0 Å². The lowest BCUT2D eigenvalue weighted by Crippen LogP contribution is -2.50. The number of pyridine rings is 1. The number of carbonyl (C=O) groups is 1. The first-order valence-corrected chi connectivity index (χ1v) is 9.84. The first kappa shape index (κ1) is 17.9. The summed E-state index contributed by atoms with van der Waals surface area (Å²) in [6, 6.07) is 6.71. The molecule has 29 heavy (non-hydrogen) atoms. The van der Waals surface area contributed by atoms with Crippen LogP contribution in [0.2, 0.25) is 0 Å². The Kier molecular flexibility index (Phi) is 4.55. The van der Waals surface area contributed by atoms with Crippen LogP contribution in [0.15, 0.2) is 42.9 Å². The normalized spacial score (nSPS) is 19.3. The van der Waals surface area contributed by atoms with E-state index in [-0.39, 0.29) is 5.69 Å². The highest BCUT2D eigenvalue weighted by atomic mass is 19.1. The lowest BCUT2D eigenvalue weighted by molar-refractivity contribution is 0.102. The van der Waals surface area contributed by atoms with Crippen molar-refractivity contribution < 1.29 is 9.18 Å². The molecule has 1 unspecified atom stereocenters. The summed E-state index contributed by atoms with van der Waals surface area (Å²) >= 11 is 0. The fourth-order valence-electron chi connectivity index (χ4n) is 4.24. The van der Waals surface area contributed by atoms with Crippen LogP contribution in [0.1, 0.15) is 23.3 Å². The molecule has 0 aliphatic carbocycles. The zero-order valence-electron chi connectivity index (χ0n) is 15.9. The lowest BCUT2D eigenvalue weighted by Gasteiger charge is -2.37. The molecular weight excluding hydrogens is 371 g/mol. The maximum atomic E-state index is 13.9. The number of aromatic nitrogens is 3.